The van der Waals surface area contributed by atoms with Crippen LogP contribution in [0.1, 0.15) is 12.0 Å². The zero-order valence-electron chi connectivity index (χ0n) is 9.07. The van der Waals surface area contributed by atoms with Gasteiger partial charge in [-0.2, -0.15) is 0 Å². The van der Waals surface area contributed by atoms with Crippen LogP contribution in [0.2, 0.25) is 0 Å². The van der Waals surface area contributed by atoms with Crippen LogP contribution in [0.25, 0.3) is 0 Å². The van der Waals surface area contributed by atoms with Gasteiger partial charge in [0.05, 0.1) is 0 Å². The predicted molar refractivity (Wildman–Crippen MR) is 71.9 cm³/mol. The third-order valence-electron chi connectivity index (χ3n) is 3.00. The molecule has 1 heterocycles. The third kappa shape index (κ3) is 3.15. The first-order valence-electron chi connectivity index (χ1n) is 5.51. The maximum atomic E-state index is 13.4. The van der Waals surface area contributed by atoms with Gasteiger partial charge >= 0.3 is 0 Å². The first-order chi connectivity index (χ1) is 7.65. The van der Waals surface area contributed by atoms with Gasteiger partial charge in [-0.15, -0.1) is 0 Å². The summed E-state index contributed by atoms with van der Waals surface area (Å²) in [4.78, 5) is 2.14. The summed E-state index contributed by atoms with van der Waals surface area (Å²) in [5, 5.41) is 0. The van der Waals surface area contributed by atoms with Gasteiger partial charge in [-0.1, -0.05) is 12.1 Å². The quantitative estimate of drug-likeness (QED) is 0.840. The topological polar surface area (TPSA) is 29.3 Å². The van der Waals surface area contributed by atoms with Crippen LogP contribution >= 0.6 is 22.6 Å². The highest BCUT2D eigenvalue weighted by atomic mass is 127. The lowest BCUT2D eigenvalue weighted by Gasteiger charge is -2.32. The lowest BCUT2D eigenvalue weighted by atomic mass is 10.0. The molecule has 1 aliphatic heterocycles. The number of hydrogen-bond acceptors (Lipinski definition) is 2. The van der Waals surface area contributed by atoms with Gasteiger partial charge in [0.2, 0.25) is 0 Å². The number of likely N-dealkylation sites (tertiary alicyclic amines) is 1. The molecule has 1 fully saturated rings. The molecular formula is C12H16FIN2. The minimum absolute atomic E-state index is 0.270. The molecule has 0 amide bonds. The standard InChI is InChI=1S/C12H16FIN2/c13-11-8-16(6-5-12(11)15)7-9-1-3-10(14)4-2-9/h1-4,11-12H,5-8,15H2. The van der Waals surface area contributed by atoms with Crippen molar-refractivity contribution in [3.63, 3.8) is 0 Å². The van der Waals surface area contributed by atoms with Crippen LogP contribution < -0.4 is 5.73 Å². The van der Waals surface area contributed by atoms with Gasteiger partial charge in [0, 0.05) is 29.2 Å². The second-order valence-corrected chi connectivity index (χ2v) is 5.58. The van der Waals surface area contributed by atoms with E-state index in [1.165, 1.54) is 9.13 Å². The maximum absolute atomic E-state index is 13.4. The molecule has 0 bridgehead atoms. The summed E-state index contributed by atoms with van der Waals surface area (Å²) in [5.41, 5.74) is 6.89. The maximum Gasteiger partial charge on any atom is 0.128 e. The Balaban J connectivity index is 1.93. The minimum Gasteiger partial charge on any atom is -0.325 e. The van der Waals surface area contributed by atoms with E-state index >= 15 is 0 Å². The molecule has 2 N–H and O–H groups in total. The fourth-order valence-electron chi connectivity index (χ4n) is 1.98. The van der Waals surface area contributed by atoms with Gasteiger partial charge in [0.25, 0.3) is 0 Å². The first-order valence-corrected chi connectivity index (χ1v) is 6.59. The lowest BCUT2D eigenvalue weighted by molar-refractivity contribution is 0.114. The summed E-state index contributed by atoms with van der Waals surface area (Å²) in [6, 6.07) is 8.09. The molecule has 2 nitrogen and oxygen atoms in total. The summed E-state index contributed by atoms with van der Waals surface area (Å²) < 4.78 is 14.7. The molecule has 16 heavy (non-hydrogen) atoms. The summed E-state index contributed by atoms with van der Waals surface area (Å²) in [7, 11) is 0. The number of halogens is 2. The molecule has 0 spiro atoms. The van der Waals surface area contributed by atoms with E-state index in [1.54, 1.807) is 0 Å². The second kappa shape index (κ2) is 5.42. The van der Waals surface area contributed by atoms with Crippen LogP contribution in [0.3, 0.4) is 0 Å². The Labute approximate surface area is 109 Å². The van der Waals surface area contributed by atoms with Crippen molar-refractivity contribution >= 4 is 22.6 Å². The predicted octanol–water partition coefficient (Wildman–Crippen LogP) is 2.16. The van der Waals surface area contributed by atoms with Crippen molar-refractivity contribution in [1.29, 1.82) is 0 Å². The number of hydrogen-bond donors (Lipinski definition) is 1. The Morgan fingerprint density at radius 3 is 2.69 bits per heavy atom. The highest BCUT2D eigenvalue weighted by Crippen LogP contribution is 2.16. The number of alkyl halides is 1. The fourth-order valence-corrected chi connectivity index (χ4v) is 2.34. The average Bonchev–Trinajstić information content (AvgIpc) is 2.27. The molecule has 0 aromatic heterocycles. The van der Waals surface area contributed by atoms with Crippen molar-refractivity contribution in [2.24, 2.45) is 5.73 Å². The Morgan fingerprint density at radius 2 is 2.06 bits per heavy atom. The normalized spacial score (nSPS) is 26.9. The molecule has 1 aliphatic rings. The minimum atomic E-state index is -0.877. The highest BCUT2D eigenvalue weighted by Gasteiger charge is 2.25. The van der Waals surface area contributed by atoms with Gasteiger partial charge in [-0.3, -0.25) is 4.90 Å². The molecule has 2 unspecified atom stereocenters. The summed E-state index contributed by atoms with van der Waals surface area (Å²) in [5.74, 6) is 0. The van der Waals surface area contributed by atoms with Gasteiger partial charge in [0.15, 0.2) is 0 Å². The van der Waals surface area contributed by atoms with E-state index < -0.39 is 6.17 Å². The van der Waals surface area contributed by atoms with Crippen LogP contribution in [-0.4, -0.2) is 30.2 Å². The molecule has 0 saturated carbocycles. The number of piperidine rings is 1. The summed E-state index contributed by atoms with van der Waals surface area (Å²) in [6.07, 6.45) is -0.122. The Morgan fingerprint density at radius 1 is 1.38 bits per heavy atom. The molecule has 4 heteroatoms. The molecule has 1 aromatic rings. The number of nitrogens with two attached hydrogens (primary N) is 1. The Hall–Kier alpha value is -0.200. The van der Waals surface area contributed by atoms with E-state index in [1.807, 2.05) is 0 Å². The molecule has 88 valence electrons. The van der Waals surface area contributed by atoms with Crippen molar-refractivity contribution in [3.05, 3.63) is 33.4 Å². The van der Waals surface area contributed by atoms with Crippen LogP contribution in [0.4, 0.5) is 4.39 Å². The zero-order valence-corrected chi connectivity index (χ0v) is 11.2. The van der Waals surface area contributed by atoms with Crippen molar-refractivity contribution < 1.29 is 4.39 Å². The average molecular weight is 334 g/mol. The monoisotopic (exact) mass is 334 g/mol. The van der Waals surface area contributed by atoms with Crippen LogP contribution in [0.5, 0.6) is 0 Å². The molecule has 2 atom stereocenters. The van der Waals surface area contributed by atoms with E-state index in [4.69, 9.17) is 5.73 Å². The molecule has 2 rings (SSSR count). The fraction of sp³-hybridized carbons (Fsp3) is 0.500. The number of nitrogens with zero attached hydrogens (tertiary/aromatic N) is 1. The smallest absolute Gasteiger partial charge is 0.128 e. The van der Waals surface area contributed by atoms with Gasteiger partial charge in [-0.05, 0) is 46.7 Å². The van der Waals surface area contributed by atoms with Gasteiger partial charge in [0.1, 0.15) is 6.17 Å². The van der Waals surface area contributed by atoms with Gasteiger partial charge < -0.3 is 5.73 Å². The molecular weight excluding hydrogens is 318 g/mol. The third-order valence-corrected chi connectivity index (χ3v) is 3.71. The van der Waals surface area contributed by atoms with Crippen molar-refractivity contribution in [1.82, 2.24) is 4.90 Å². The van der Waals surface area contributed by atoms with E-state index in [-0.39, 0.29) is 6.04 Å². The Kier molecular flexibility index (Phi) is 4.16. The van der Waals surface area contributed by atoms with Gasteiger partial charge in [-0.25, -0.2) is 4.39 Å². The molecule has 1 saturated heterocycles. The van der Waals surface area contributed by atoms with E-state index in [0.717, 1.165) is 19.5 Å². The number of rotatable bonds is 2. The largest absolute Gasteiger partial charge is 0.325 e. The van der Waals surface area contributed by atoms with E-state index in [9.17, 15) is 4.39 Å². The highest BCUT2D eigenvalue weighted by molar-refractivity contribution is 14.1. The summed E-state index contributed by atoms with van der Waals surface area (Å²) in [6.45, 7) is 2.19. The molecule has 1 aromatic carbocycles. The SMILES string of the molecule is NC1CCN(Cc2ccc(I)cc2)CC1F. The van der Waals surface area contributed by atoms with Crippen LogP contribution in [-0.2, 0) is 6.54 Å². The van der Waals surface area contributed by atoms with Crippen LogP contribution in [0, 0.1) is 3.57 Å². The Bertz CT molecular complexity index is 341. The van der Waals surface area contributed by atoms with E-state index in [0.29, 0.717) is 6.54 Å². The molecule has 0 radical (unpaired) electrons. The molecule has 0 aliphatic carbocycles. The van der Waals surface area contributed by atoms with Crippen molar-refractivity contribution in [3.8, 4) is 0 Å². The van der Waals surface area contributed by atoms with Crippen LogP contribution in [0.15, 0.2) is 24.3 Å². The lowest BCUT2D eigenvalue weighted by Crippen LogP contribution is -2.48. The second-order valence-electron chi connectivity index (χ2n) is 4.33. The van der Waals surface area contributed by atoms with Crippen molar-refractivity contribution in [2.45, 2.75) is 25.2 Å². The zero-order chi connectivity index (χ0) is 11.5. The first kappa shape index (κ1) is 12.3. The summed E-state index contributed by atoms with van der Waals surface area (Å²) >= 11 is 2.28. The number of benzene rings is 1. The van der Waals surface area contributed by atoms with E-state index in [2.05, 4.69) is 51.8 Å². The van der Waals surface area contributed by atoms with Crippen molar-refractivity contribution in [2.75, 3.05) is 13.1 Å².